The molecule has 0 spiro atoms. The van der Waals surface area contributed by atoms with E-state index in [0.717, 1.165) is 4.81 Å². The third-order valence-corrected chi connectivity index (χ3v) is 1.09. The Bertz CT molecular complexity index is 56.0. The Hall–Kier alpha value is -0.115. The summed E-state index contributed by atoms with van der Waals surface area (Å²) in [7, 11) is -2.29. The molecular formula is C4H10BF2N. The first-order valence-corrected chi connectivity index (χ1v) is 2.74. The second-order valence-corrected chi connectivity index (χ2v) is 1.50. The molecule has 0 bridgehead atoms. The summed E-state index contributed by atoms with van der Waals surface area (Å²) in [5.74, 6) is 0. The smallest absolute Gasteiger partial charge is 0.283 e. The van der Waals surface area contributed by atoms with Crippen LogP contribution in [0.15, 0.2) is 0 Å². The maximum absolute atomic E-state index is 11.6. The molecule has 0 fully saturated rings. The van der Waals surface area contributed by atoms with Crippen molar-refractivity contribution in [1.82, 2.24) is 4.81 Å². The van der Waals surface area contributed by atoms with Crippen molar-refractivity contribution in [2.75, 3.05) is 13.1 Å². The minimum absolute atomic E-state index is 0.425. The molecule has 8 heavy (non-hydrogen) atoms. The van der Waals surface area contributed by atoms with E-state index in [9.17, 15) is 8.63 Å². The second-order valence-electron chi connectivity index (χ2n) is 1.50. The molecule has 0 saturated heterocycles. The predicted octanol–water partition coefficient (Wildman–Crippen LogP) is 1.25. The normalized spacial score (nSPS) is 10.1. The Labute approximate surface area is 48.9 Å². The SMILES string of the molecule is CCN(CC)B(F)F. The molecule has 0 aliphatic heterocycles. The van der Waals surface area contributed by atoms with Crippen LogP contribution in [0.5, 0.6) is 0 Å². The maximum atomic E-state index is 11.6. The summed E-state index contributed by atoms with van der Waals surface area (Å²) in [5.41, 5.74) is 0. The lowest BCUT2D eigenvalue weighted by Gasteiger charge is -2.12. The number of nitrogens with zero attached hydrogens (tertiary/aromatic N) is 1. The van der Waals surface area contributed by atoms with Crippen LogP contribution in [-0.2, 0) is 0 Å². The van der Waals surface area contributed by atoms with Crippen LogP contribution in [0.3, 0.4) is 0 Å². The standard InChI is InChI=1S/C4H10BF2N/c1-3-8(4-2)5(6)7/h3-4H2,1-2H3. The molecule has 0 unspecified atom stereocenters. The van der Waals surface area contributed by atoms with E-state index in [2.05, 4.69) is 0 Å². The van der Waals surface area contributed by atoms with Gasteiger partial charge in [0.1, 0.15) is 0 Å². The largest absolute Gasteiger partial charge is 0.636 e. The lowest BCUT2D eigenvalue weighted by Crippen LogP contribution is -2.32. The molecule has 0 aromatic carbocycles. The Kier molecular flexibility index (Phi) is 3.78. The Morgan fingerprint density at radius 2 is 1.62 bits per heavy atom. The van der Waals surface area contributed by atoms with Crippen LogP contribution in [0.1, 0.15) is 13.8 Å². The van der Waals surface area contributed by atoms with E-state index in [1.54, 1.807) is 13.8 Å². The number of halogens is 2. The molecule has 0 heterocycles. The lowest BCUT2D eigenvalue weighted by atomic mass is 10.2. The third kappa shape index (κ3) is 2.26. The highest BCUT2D eigenvalue weighted by Gasteiger charge is 2.20. The van der Waals surface area contributed by atoms with Gasteiger partial charge in [-0.05, 0) is 13.1 Å². The maximum Gasteiger partial charge on any atom is 0.636 e. The molecule has 0 aliphatic rings. The fourth-order valence-electron chi connectivity index (χ4n) is 0.500. The van der Waals surface area contributed by atoms with Gasteiger partial charge in [0, 0.05) is 0 Å². The van der Waals surface area contributed by atoms with E-state index in [0.29, 0.717) is 13.1 Å². The highest BCUT2D eigenvalue weighted by molar-refractivity contribution is 6.39. The minimum Gasteiger partial charge on any atom is -0.283 e. The summed E-state index contributed by atoms with van der Waals surface area (Å²) in [4.78, 5) is 1.08. The van der Waals surface area contributed by atoms with Gasteiger partial charge in [-0.25, -0.2) is 0 Å². The first-order chi connectivity index (χ1) is 3.72. The third-order valence-electron chi connectivity index (χ3n) is 1.09. The van der Waals surface area contributed by atoms with Crippen molar-refractivity contribution < 1.29 is 8.63 Å². The summed E-state index contributed by atoms with van der Waals surface area (Å²) in [6.45, 7) is 4.29. The molecule has 1 nitrogen and oxygen atoms in total. The van der Waals surface area contributed by atoms with E-state index in [-0.39, 0.29) is 0 Å². The molecule has 0 rings (SSSR count). The van der Waals surface area contributed by atoms with E-state index in [4.69, 9.17) is 0 Å². The van der Waals surface area contributed by atoms with Crippen molar-refractivity contribution in [2.45, 2.75) is 13.8 Å². The van der Waals surface area contributed by atoms with Crippen molar-refractivity contribution in [3.8, 4) is 0 Å². The molecule has 0 N–H and O–H groups in total. The number of hydrogen-bond donors (Lipinski definition) is 0. The van der Waals surface area contributed by atoms with E-state index in [1.807, 2.05) is 0 Å². The lowest BCUT2D eigenvalue weighted by molar-refractivity contribution is 0.392. The zero-order chi connectivity index (χ0) is 6.57. The first kappa shape index (κ1) is 7.88. The van der Waals surface area contributed by atoms with Crippen LogP contribution >= 0.6 is 0 Å². The average Bonchev–Trinajstić information content (AvgIpc) is 1.69. The molecule has 0 aliphatic carbocycles. The molecule has 0 atom stereocenters. The van der Waals surface area contributed by atoms with Gasteiger partial charge in [-0.2, -0.15) is 0 Å². The summed E-state index contributed by atoms with van der Waals surface area (Å²) in [5, 5.41) is 0. The number of hydrogen-bond acceptors (Lipinski definition) is 1. The van der Waals surface area contributed by atoms with E-state index < -0.39 is 7.40 Å². The van der Waals surface area contributed by atoms with Gasteiger partial charge in [0.15, 0.2) is 0 Å². The van der Waals surface area contributed by atoms with Crippen molar-refractivity contribution in [1.29, 1.82) is 0 Å². The van der Waals surface area contributed by atoms with Crippen LogP contribution in [0.4, 0.5) is 8.63 Å². The quantitative estimate of drug-likeness (QED) is 0.508. The van der Waals surface area contributed by atoms with Crippen molar-refractivity contribution in [2.24, 2.45) is 0 Å². The summed E-state index contributed by atoms with van der Waals surface area (Å²) in [6, 6.07) is 0. The van der Waals surface area contributed by atoms with Gasteiger partial charge in [0.25, 0.3) is 0 Å². The Morgan fingerprint density at radius 1 is 1.25 bits per heavy atom. The van der Waals surface area contributed by atoms with E-state index >= 15 is 0 Å². The van der Waals surface area contributed by atoms with Crippen LogP contribution < -0.4 is 0 Å². The monoisotopic (exact) mass is 121 g/mol. The first-order valence-electron chi connectivity index (χ1n) is 2.74. The van der Waals surface area contributed by atoms with Crippen LogP contribution in [0, 0.1) is 0 Å². The molecule has 0 aromatic rings. The van der Waals surface area contributed by atoms with Gasteiger partial charge in [-0.1, -0.05) is 13.8 Å². The fourth-order valence-corrected chi connectivity index (χ4v) is 0.500. The van der Waals surface area contributed by atoms with E-state index in [1.165, 1.54) is 0 Å². The molecule has 4 heteroatoms. The van der Waals surface area contributed by atoms with Crippen LogP contribution in [0.25, 0.3) is 0 Å². The van der Waals surface area contributed by atoms with Crippen LogP contribution in [-0.4, -0.2) is 25.3 Å². The molecule has 0 radical (unpaired) electrons. The highest BCUT2D eigenvalue weighted by Crippen LogP contribution is 1.94. The fraction of sp³-hybridized carbons (Fsp3) is 1.00. The summed E-state index contributed by atoms with van der Waals surface area (Å²) >= 11 is 0. The van der Waals surface area contributed by atoms with Gasteiger partial charge in [-0.15, -0.1) is 0 Å². The van der Waals surface area contributed by atoms with Crippen molar-refractivity contribution in [3.05, 3.63) is 0 Å². The summed E-state index contributed by atoms with van der Waals surface area (Å²) < 4.78 is 23.3. The van der Waals surface area contributed by atoms with Crippen molar-refractivity contribution in [3.63, 3.8) is 0 Å². The van der Waals surface area contributed by atoms with Crippen LogP contribution in [0.2, 0.25) is 0 Å². The average molecular weight is 121 g/mol. The van der Waals surface area contributed by atoms with Gasteiger partial charge in [-0.3, -0.25) is 13.4 Å². The van der Waals surface area contributed by atoms with Crippen molar-refractivity contribution >= 4 is 7.40 Å². The van der Waals surface area contributed by atoms with Gasteiger partial charge < -0.3 is 0 Å². The number of rotatable bonds is 3. The Balaban J connectivity index is 3.35. The Morgan fingerprint density at radius 3 is 1.62 bits per heavy atom. The van der Waals surface area contributed by atoms with Gasteiger partial charge in [0.2, 0.25) is 0 Å². The molecule has 0 aromatic heterocycles. The molecule has 0 amide bonds. The zero-order valence-electron chi connectivity index (χ0n) is 5.19. The minimum atomic E-state index is -2.29. The molecule has 0 saturated carbocycles. The highest BCUT2D eigenvalue weighted by atomic mass is 19.2. The second kappa shape index (κ2) is 3.84. The molecular weight excluding hydrogens is 111 g/mol. The van der Waals surface area contributed by atoms with Gasteiger partial charge in [0.05, 0.1) is 0 Å². The topological polar surface area (TPSA) is 3.24 Å². The molecule has 48 valence electrons. The predicted molar refractivity (Wildman–Crippen MR) is 30.9 cm³/mol. The zero-order valence-corrected chi connectivity index (χ0v) is 5.19. The van der Waals surface area contributed by atoms with Gasteiger partial charge >= 0.3 is 7.40 Å². The summed E-state index contributed by atoms with van der Waals surface area (Å²) in [6.07, 6.45) is 0.